The van der Waals surface area contributed by atoms with Gasteiger partial charge >= 0.3 is 41.7 Å². The summed E-state index contributed by atoms with van der Waals surface area (Å²) in [6, 6.07) is 0. The second-order valence-electron chi connectivity index (χ2n) is 0.944. The number of rotatable bonds is 1. The van der Waals surface area contributed by atoms with Crippen LogP contribution in [0.15, 0.2) is 0 Å². The monoisotopic (exact) mass is 143 g/mol. The minimum absolute atomic E-state index is 0. The Hall–Kier alpha value is -0.100. The molecule has 6 heteroatoms. The van der Waals surface area contributed by atoms with E-state index in [-0.39, 0.29) is 31.0 Å². The minimum atomic E-state index is -1.62. The van der Waals surface area contributed by atoms with Crippen LogP contribution in [0.2, 0.25) is 0 Å². The van der Waals surface area contributed by atoms with Crippen LogP contribution in [0.5, 0.6) is 0 Å². The second kappa shape index (κ2) is 6.03. The van der Waals surface area contributed by atoms with Crippen molar-refractivity contribution in [2.24, 2.45) is 5.73 Å². The summed E-state index contributed by atoms with van der Waals surface area (Å²) in [6.45, 7) is -0.410. The summed E-state index contributed by atoms with van der Waals surface area (Å²) < 4.78 is 3.55. The van der Waals surface area contributed by atoms with Crippen LogP contribution >= 0.6 is 0 Å². The van der Waals surface area contributed by atoms with Gasteiger partial charge in [-0.2, -0.15) is 0 Å². The van der Waals surface area contributed by atoms with E-state index in [0.29, 0.717) is 0 Å². The van der Waals surface area contributed by atoms with Gasteiger partial charge in [0, 0.05) is 0 Å². The second-order valence-corrected chi connectivity index (χ2v) is 0.944. The third-order valence-electron chi connectivity index (χ3n) is 0.368. The van der Waals surface area contributed by atoms with Gasteiger partial charge in [-0.1, -0.05) is 0 Å². The van der Waals surface area contributed by atoms with Crippen molar-refractivity contribution in [3.63, 3.8) is 0 Å². The van der Waals surface area contributed by atoms with E-state index in [0.717, 1.165) is 0 Å². The number of nitrogens with two attached hydrogens (primary N) is 1. The quantitative estimate of drug-likeness (QED) is 0.224. The first kappa shape index (κ1) is 11.7. The van der Waals surface area contributed by atoms with E-state index < -0.39 is 18.7 Å². The van der Waals surface area contributed by atoms with Crippen LogP contribution < -0.4 is 35.3 Å². The van der Waals surface area contributed by atoms with Crippen molar-refractivity contribution in [2.75, 3.05) is 6.54 Å². The summed E-state index contributed by atoms with van der Waals surface area (Å²) in [5.74, 6) is -0.947. The molecule has 0 aliphatic carbocycles. The third-order valence-corrected chi connectivity index (χ3v) is 0.368. The summed E-state index contributed by atoms with van der Waals surface area (Å²) in [7, 11) is 0. The van der Waals surface area contributed by atoms with Crippen molar-refractivity contribution in [3.05, 3.63) is 0 Å². The van der Waals surface area contributed by atoms with Gasteiger partial charge in [0.05, 0.1) is 6.54 Å². The Morgan fingerprint density at radius 3 is 2.22 bits per heavy atom. The molecule has 5 nitrogen and oxygen atoms in total. The van der Waals surface area contributed by atoms with Crippen LogP contribution in [-0.4, -0.2) is 23.8 Å². The molecule has 48 valence electrons. The molecule has 0 aliphatic rings. The molecule has 9 heavy (non-hydrogen) atoms. The molecule has 0 aromatic heterocycles. The third kappa shape index (κ3) is 7.90. The average molecular weight is 143 g/mol. The van der Waals surface area contributed by atoms with Gasteiger partial charge in [-0.25, -0.2) is 4.79 Å². The number of carbonyl (C=O) groups excluding carboxylic acids is 1. The maximum Gasteiger partial charge on any atom is 1.00 e. The largest absolute Gasteiger partial charge is 1.00 e. The number of hydrogen-bond donors (Lipinski definition) is 2. The number of ether oxygens (including phenoxy) is 1. The molecular weight excluding hydrogens is 137 g/mol. The van der Waals surface area contributed by atoms with Crippen molar-refractivity contribution in [2.45, 2.75) is 0 Å². The molecular formula is C3H6NNaO4. The van der Waals surface area contributed by atoms with Gasteiger partial charge < -0.3 is 17.0 Å². The Morgan fingerprint density at radius 1 is 1.67 bits per heavy atom. The molecule has 0 saturated carbocycles. The van der Waals surface area contributed by atoms with E-state index in [9.17, 15) is 9.59 Å². The SMILES string of the molecule is NCC(=O)OC(=O)O.[H-].[Na+]. The van der Waals surface area contributed by atoms with Gasteiger partial charge in [0.2, 0.25) is 0 Å². The maximum atomic E-state index is 9.89. The minimum Gasteiger partial charge on any atom is -1.00 e. The van der Waals surface area contributed by atoms with E-state index in [1.54, 1.807) is 0 Å². The van der Waals surface area contributed by atoms with Crippen LogP contribution in [-0.2, 0) is 9.53 Å². The van der Waals surface area contributed by atoms with Crippen molar-refractivity contribution in [1.29, 1.82) is 0 Å². The zero-order valence-corrected chi connectivity index (χ0v) is 6.96. The van der Waals surface area contributed by atoms with Gasteiger partial charge in [0.1, 0.15) is 0 Å². The van der Waals surface area contributed by atoms with Gasteiger partial charge in [0.25, 0.3) is 0 Å². The molecule has 0 rings (SSSR count). The zero-order valence-electron chi connectivity index (χ0n) is 5.96. The Balaban J connectivity index is -0.000000245. The van der Waals surface area contributed by atoms with Crippen LogP contribution in [0.3, 0.4) is 0 Å². The predicted molar refractivity (Wildman–Crippen MR) is 24.3 cm³/mol. The molecule has 0 aliphatic heterocycles. The van der Waals surface area contributed by atoms with Crippen molar-refractivity contribution in [1.82, 2.24) is 0 Å². The molecule has 0 spiro atoms. The predicted octanol–water partition coefficient (Wildman–Crippen LogP) is -3.72. The molecule has 0 amide bonds. The molecule has 0 aromatic carbocycles. The molecule has 0 aromatic rings. The van der Waals surface area contributed by atoms with Crippen LogP contribution in [0.4, 0.5) is 4.79 Å². The summed E-state index contributed by atoms with van der Waals surface area (Å²) in [6.07, 6.45) is -1.62. The van der Waals surface area contributed by atoms with Crippen LogP contribution in [0, 0.1) is 0 Å². The van der Waals surface area contributed by atoms with Crippen LogP contribution in [0.25, 0.3) is 0 Å². The zero-order chi connectivity index (χ0) is 6.57. The standard InChI is InChI=1S/C3H5NO4.Na.H/c4-1-2(5)8-3(6)7;;/h1,4H2,(H,6,7);;/q;+1;-1. The smallest absolute Gasteiger partial charge is 1.00 e. The van der Waals surface area contributed by atoms with E-state index in [4.69, 9.17) is 5.11 Å². The van der Waals surface area contributed by atoms with E-state index in [1.807, 2.05) is 0 Å². The normalized spacial score (nSPS) is 7.22. The number of hydrogen-bond acceptors (Lipinski definition) is 4. The van der Waals surface area contributed by atoms with E-state index >= 15 is 0 Å². The Bertz CT molecular complexity index is 119. The van der Waals surface area contributed by atoms with Crippen molar-refractivity contribution >= 4 is 12.1 Å². The van der Waals surface area contributed by atoms with E-state index in [1.165, 1.54) is 0 Å². The molecule has 0 heterocycles. The molecule has 3 N–H and O–H groups in total. The number of carboxylic acid groups (broad SMARTS) is 1. The van der Waals surface area contributed by atoms with Crippen molar-refractivity contribution < 1.29 is 50.4 Å². The first-order chi connectivity index (χ1) is 3.66. The molecule has 0 bridgehead atoms. The molecule has 0 fully saturated rings. The molecule has 0 saturated heterocycles. The Kier molecular flexibility index (Phi) is 7.81. The maximum absolute atomic E-state index is 9.89. The van der Waals surface area contributed by atoms with Gasteiger partial charge in [-0.15, -0.1) is 0 Å². The summed E-state index contributed by atoms with van der Waals surface area (Å²) in [4.78, 5) is 19.4. The average Bonchev–Trinajstić information content (AvgIpc) is 1.65. The fourth-order valence-electron chi connectivity index (χ4n) is 0.139. The molecule has 0 unspecified atom stereocenters. The Morgan fingerprint density at radius 2 is 2.11 bits per heavy atom. The fourth-order valence-corrected chi connectivity index (χ4v) is 0.139. The summed E-state index contributed by atoms with van der Waals surface area (Å²) in [5.41, 5.74) is 4.68. The van der Waals surface area contributed by atoms with Gasteiger partial charge in [0.15, 0.2) is 0 Å². The summed E-state index contributed by atoms with van der Waals surface area (Å²) in [5, 5.41) is 7.72. The van der Waals surface area contributed by atoms with Crippen molar-refractivity contribution in [3.8, 4) is 0 Å². The van der Waals surface area contributed by atoms with E-state index in [2.05, 4.69) is 10.5 Å². The number of carbonyl (C=O) groups is 2. The topological polar surface area (TPSA) is 89.6 Å². The fraction of sp³-hybridized carbons (Fsp3) is 0.333. The van der Waals surface area contributed by atoms with Gasteiger partial charge in [-0.3, -0.25) is 4.79 Å². The Labute approximate surface area is 74.9 Å². The first-order valence-electron chi connectivity index (χ1n) is 1.80. The number of esters is 1. The molecule has 0 atom stereocenters. The first-order valence-corrected chi connectivity index (χ1v) is 1.80. The molecule has 0 radical (unpaired) electrons. The van der Waals surface area contributed by atoms with Crippen LogP contribution in [0.1, 0.15) is 1.43 Å². The summed E-state index contributed by atoms with van der Waals surface area (Å²) >= 11 is 0. The van der Waals surface area contributed by atoms with Gasteiger partial charge in [-0.05, 0) is 0 Å².